The van der Waals surface area contributed by atoms with E-state index in [-0.39, 0.29) is 36.1 Å². The topological polar surface area (TPSA) is 79.0 Å². The molecule has 10 heteroatoms. The molecule has 2 atom stereocenters. The van der Waals surface area contributed by atoms with Crippen molar-refractivity contribution in [2.45, 2.75) is 55.2 Å². The first-order chi connectivity index (χ1) is 16.7. The third kappa shape index (κ3) is 6.48. The van der Waals surface area contributed by atoms with E-state index in [0.29, 0.717) is 24.9 Å². The number of halogens is 1. The zero-order valence-corrected chi connectivity index (χ0v) is 21.9. The molecule has 0 bridgehead atoms. The van der Waals surface area contributed by atoms with Gasteiger partial charge in [0.25, 0.3) is 0 Å². The summed E-state index contributed by atoms with van der Waals surface area (Å²) in [6.45, 7) is 0.421. The van der Waals surface area contributed by atoms with E-state index in [1.165, 1.54) is 21.3 Å². The number of rotatable bonds is 9. The normalized spacial score (nSPS) is 24.5. The van der Waals surface area contributed by atoms with Crippen molar-refractivity contribution in [3.05, 3.63) is 52.5 Å². The van der Waals surface area contributed by atoms with E-state index in [1.807, 2.05) is 0 Å². The molecule has 1 saturated heterocycles. The summed E-state index contributed by atoms with van der Waals surface area (Å²) >= 11 is 1.80. The Kier molecular flexibility index (Phi) is 8.59. The summed E-state index contributed by atoms with van der Waals surface area (Å²) in [6, 6.07) is 9.66. The Hall–Kier alpha value is -1.85. The van der Waals surface area contributed by atoms with E-state index < -0.39 is 15.8 Å². The number of carbonyl (C=O) groups excluding carboxylic acids is 1. The number of amides is 1. The van der Waals surface area contributed by atoms with Crippen molar-refractivity contribution in [3.8, 4) is 0 Å². The van der Waals surface area contributed by atoms with Crippen molar-refractivity contribution in [2.75, 3.05) is 33.8 Å². The lowest BCUT2D eigenvalue weighted by atomic mass is 9.80. The summed E-state index contributed by atoms with van der Waals surface area (Å²) < 4.78 is 45.7. The Morgan fingerprint density at radius 2 is 1.89 bits per heavy atom. The smallest absolute Gasteiger partial charge is 0.246 e. The molecule has 1 N–H and O–H groups in total. The van der Waals surface area contributed by atoms with Crippen molar-refractivity contribution in [1.82, 2.24) is 14.5 Å². The number of nitrogens with zero attached hydrogens (tertiary/aromatic N) is 2. The standard InChI is InChI=1S/C25H34FN3O4S2/c1-28(2)25(23-4-3-15-34-23)18-5-9-20(10-6-18)27-24(30)17-33-21-13-14-29(16-21)35(31,32)22-11-7-19(26)8-12-22/h3-4,7-8,11-12,15,18,20-21,25H,5-6,9-10,13-14,16-17H2,1-2H3,(H,27,30). The summed E-state index contributed by atoms with van der Waals surface area (Å²) in [7, 11) is 0.558. The van der Waals surface area contributed by atoms with Crippen LogP contribution in [0.2, 0.25) is 0 Å². The van der Waals surface area contributed by atoms with Crippen LogP contribution in [0, 0.1) is 11.7 Å². The van der Waals surface area contributed by atoms with Gasteiger partial charge in [0, 0.05) is 30.1 Å². The minimum atomic E-state index is -3.70. The monoisotopic (exact) mass is 523 g/mol. The number of thiophene rings is 1. The molecule has 2 heterocycles. The predicted octanol–water partition coefficient (Wildman–Crippen LogP) is 3.64. The van der Waals surface area contributed by atoms with Crippen LogP contribution in [-0.4, -0.2) is 69.5 Å². The molecule has 0 spiro atoms. The molecule has 4 rings (SSSR count). The first kappa shape index (κ1) is 26.2. The van der Waals surface area contributed by atoms with Gasteiger partial charge in [-0.1, -0.05) is 6.07 Å². The highest BCUT2D eigenvalue weighted by Gasteiger charge is 2.34. The number of sulfonamides is 1. The van der Waals surface area contributed by atoms with Crippen molar-refractivity contribution < 1.29 is 22.3 Å². The Labute approximate surface area is 211 Å². The van der Waals surface area contributed by atoms with Crippen LogP contribution in [0.4, 0.5) is 4.39 Å². The molecule has 2 aromatic rings. The first-order valence-corrected chi connectivity index (χ1v) is 14.4. The number of hydrogen-bond donors (Lipinski definition) is 1. The van der Waals surface area contributed by atoms with Crippen LogP contribution in [0.15, 0.2) is 46.7 Å². The molecular weight excluding hydrogens is 489 g/mol. The molecule has 1 aromatic carbocycles. The van der Waals surface area contributed by atoms with Gasteiger partial charge in [0.15, 0.2) is 0 Å². The molecule has 2 unspecified atom stereocenters. The van der Waals surface area contributed by atoms with Crippen LogP contribution in [0.5, 0.6) is 0 Å². The fraction of sp³-hybridized carbons (Fsp3) is 0.560. The van der Waals surface area contributed by atoms with Gasteiger partial charge >= 0.3 is 0 Å². The third-order valence-corrected chi connectivity index (χ3v) is 9.81. The summed E-state index contributed by atoms with van der Waals surface area (Å²) in [5, 5.41) is 5.22. The summed E-state index contributed by atoms with van der Waals surface area (Å²) in [4.78, 5) is 16.2. The molecular formula is C25H34FN3O4S2. The summed E-state index contributed by atoms with van der Waals surface area (Å²) in [5.74, 6) is -0.0672. The van der Waals surface area contributed by atoms with Gasteiger partial charge in [0.2, 0.25) is 15.9 Å². The molecule has 2 fully saturated rings. The Morgan fingerprint density at radius 1 is 1.17 bits per heavy atom. The molecule has 2 aliphatic rings. The Morgan fingerprint density at radius 3 is 2.51 bits per heavy atom. The largest absolute Gasteiger partial charge is 0.367 e. The number of hydrogen-bond acceptors (Lipinski definition) is 6. The number of nitrogens with one attached hydrogen (secondary N) is 1. The quantitative estimate of drug-likeness (QED) is 0.543. The molecule has 1 aromatic heterocycles. The second-order valence-electron chi connectivity index (χ2n) is 9.64. The third-order valence-electron chi connectivity index (χ3n) is 6.98. The lowest BCUT2D eigenvalue weighted by Gasteiger charge is -2.37. The Balaban J connectivity index is 1.20. The molecule has 0 radical (unpaired) electrons. The highest BCUT2D eigenvalue weighted by molar-refractivity contribution is 7.89. The highest BCUT2D eigenvalue weighted by atomic mass is 32.2. The highest BCUT2D eigenvalue weighted by Crippen LogP contribution is 2.39. The summed E-state index contributed by atoms with van der Waals surface area (Å²) in [6.07, 6.45) is 4.20. The second kappa shape index (κ2) is 11.5. The van der Waals surface area contributed by atoms with Gasteiger partial charge in [0.05, 0.1) is 11.0 Å². The van der Waals surface area contributed by atoms with E-state index in [1.54, 1.807) is 11.3 Å². The average molecular weight is 524 g/mol. The lowest BCUT2D eigenvalue weighted by molar-refractivity contribution is -0.128. The van der Waals surface area contributed by atoms with Crippen LogP contribution >= 0.6 is 11.3 Å². The van der Waals surface area contributed by atoms with Crippen LogP contribution in [-0.2, 0) is 19.6 Å². The summed E-state index contributed by atoms with van der Waals surface area (Å²) in [5.41, 5.74) is 0. The van der Waals surface area contributed by atoms with Crippen molar-refractivity contribution >= 4 is 27.3 Å². The lowest BCUT2D eigenvalue weighted by Crippen LogP contribution is -2.41. The number of carbonyl (C=O) groups is 1. The zero-order chi connectivity index (χ0) is 25.0. The minimum absolute atomic E-state index is 0.0588. The van der Waals surface area contributed by atoms with Crippen molar-refractivity contribution in [1.29, 1.82) is 0 Å². The molecule has 1 aliphatic carbocycles. The first-order valence-electron chi connectivity index (χ1n) is 12.1. The van der Waals surface area contributed by atoms with Gasteiger partial charge in [-0.3, -0.25) is 4.79 Å². The van der Waals surface area contributed by atoms with Crippen LogP contribution in [0.3, 0.4) is 0 Å². The average Bonchev–Trinajstić information content (AvgIpc) is 3.52. The van der Waals surface area contributed by atoms with Gasteiger partial charge in [0.1, 0.15) is 12.4 Å². The van der Waals surface area contributed by atoms with Gasteiger partial charge in [-0.2, -0.15) is 4.31 Å². The zero-order valence-electron chi connectivity index (χ0n) is 20.2. The van der Waals surface area contributed by atoms with Crippen LogP contribution in [0.1, 0.15) is 43.0 Å². The Bertz CT molecular complexity index is 1070. The van der Waals surface area contributed by atoms with E-state index in [4.69, 9.17) is 4.74 Å². The number of benzene rings is 1. The maximum Gasteiger partial charge on any atom is 0.246 e. The van der Waals surface area contributed by atoms with Crippen LogP contribution < -0.4 is 5.32 Å². The van der Waals surface area contributed by atoms with E-state index in [0.717, 1.165) is 37.8 Å². The molecule has 1 saturated carbocycles. The van der Waals surface area contributed by atoms with E-state index in [9.17, 15) is 17.6 Å². The maximum atomic E-state index is 13.1. The fourth-order valence-electron chi connectivity index (χ4n) is 5.22. The van der Waals surface area contributed by atoms with Crippen LogP contribution in [0.25, 0.3) is 0 Å². The molecule has 1 aliphatic heterocycles. The van der Waals surface area contributed by atoms with Gasteiger partial charge in [-0.05, 0) is 87.8 Å². The molecule has 1 amide bonds. The van der Waals surface area contributed by atoms with Gasteiger partial charge in [-0.15, -0.1) is 11.3 Å². The van der Waals surface area contributed by atoms with Crippen molar-refractivity contribution in [2.24, 2.45) is 5.92 Å². The maximum absolute atomic E-state index is 13.1. The predicted molar refractivity (Wildman–Crippen MR) is 134 cm³/mol. The molecule has 35 heavy (non-hydrogen) atoms. The van der Waals surface area contributed by atoms with Gasteiger partial charge < -0.3 is 15.0 Å². The number of ether oxygens (including phenoxy) is 1. The fourth-order valence-corrected chi connectivity index (χ4v) is 7.72. The minimum Gasteiger partial charge on any atom is -0.367 e. The molecule has 7 nitrogen and oxygen atoms in total. The van der Waals surface area contributed by atoms with E-state index >= 15 is 0 Å². The van der Waals surface area contributed by atoms with E-state index in [2.05, 4.69) is 41.8 Å². The molecule has 192 valence electrons. The van der Waals surface area contributed by atoms with Crippen molar-refractivity contribution in [3.63, 3.8) is 0 Å². The second-order valence-corrected chi connectivity index (χ2v) is 12.6. The SMILES string of the molecule is CN(C)C(c1cccs1)C1CCC(NC(=O)COC2CCN(S(=O)(=O)c3ccc(F)cc3)C2)CC1. The van der Waals surface area contributed by atoms with Gasteiger partial charge in [-0.25, -0.2) is 12.8 Å².